The van der Waals surface area contributed by atoms with Crippen LogP contribution >= 0.6 is 0 Å². The van der Waals surface area contributed by atoms with Crippen LogP contribution < -0.4 is 9.47 Å². The first-order valence-corrected chi connectivity index (χ1v) is 11.6. The summed E-state index contributed by atoms with van der Waals surface area (Å²) in [6, 6.07) is 36.7. The Labute approximate surface area is 199 Å². The van der Waals surface area contributed by atoms with Crippen molar-refractivity contribution in [1.82, 2.24) is 0 Å². The van der Waals surface area contributed by atoms with Crippen molar-refractivity contribution in [3.05, 3.63) is 131 Å². The van der Waals surface area contributed by atoms with E-state index in [0.29, 0.717) is 12.8 Å². The molecule has 0 bridgehead atoms. The number of nitrogens with zero attached hydrogens (tertiary/aromatic N) is 2. The molecule has 4 aromatic carbocycles. The van der Waals surface area contributed by atoms with E-state index < -0.39 is 0 Å². The van der Waals surface area contributed by atoms with E-state index in [-0.39, 0.29) is 12.2 Å². The fourth-order valence-electron chi connectivity index (χ4n) is 4.59. The van der Waals surface area contributed by atoms with Crippen LogP contribution in [0, 0.1) is 0 Å². The second-order valence-corrected chi connectivity index (χ2v) is 8.53. The molecule has 4 heteroatoms. The topological polar surface area (TPSA) is 43.2 Å². The first-order chi connectivity index (χ1) is 16.8. The second-order valence-electron chi connectivity index (χ2n) is 8.53. The van der Waals surface area contributed by atoms with E-state index in [9.17, 15) is 0 Å². The standard InChI is InChI=1S/C30H24N2O2/c1-3-11-21(12-4-1)29-19-25(23-15-7-9-17-27(23)33-29)31-32-26-20-30(22-13-5-2-6-14-22)34-28-18-10-8-16-24(26)28/h1-18,29-30H,19-20H2/b31-25-,32-26+/t29-,30-/m0/s1. The van der Waals surface area contributed by atoms with Crippen molar-refractivity contribution in [2.75, 3.05) is 0 Å². The number of hydrogen-bond donors (Lipinski definition) is 0. The molecule has 0 spiro atoms. The SMILES string of the molecule is c1ccc([C@@H]2C/C(=N/N=C3\C[C@@H](c4ccccc4)Oc4ccccc43)c3ccccc3O2)cc1. The zero-order chi connectivity index (χ0) is 22.7. The van der Waals surface area contributed by atoms with Gasteiger partial charge in [-0.2, -0.15) is 10.2 Å². The van der Waals surface area contributed by atoms with Gasteiger partial charge < -0.3 is 9.47 Å². The van der Waals surface area contributed by atoms with Crippen LogP contribution in [-0.2, 0) is 0 Å². The summed E-state index contributed by atoms with van der Waals surface area (Å²) in [5, 5.41) is 9.64. The Bertz CT molecular complexity index is 1260. The Kier molecular flexibility index (Phi) is 5.40. The quantitative estimate of drug-likeness (QED) is 0.322. The normalized spacial score (nSPS) is 21.3. The monoisotopic (exact) mass is 444 g/mol. The minimum atomic E-state index is -0.0888. The molecule has 4 nitrogen and oxygen atoms in total. The molecule has 2 heterocycles. The summed E-state index contributed by atoms with van der Waals surface area (Å²) >= 11 is 0. The number of para-hydroxylation sites is 2. The van der Waals surface area contributed by atoms with Crippen LogP contribution in [0.3, 0.4) is 0 Å². The molecule has 4 aromatic rings. The number of hydrogen-bond acceptors (Lipinski definition) is 4. The molecular weight excluding hydrogens is 420 g/mol. The minimum absolute atomic E-state index is 0.0888. The van der Waals surface area contributed by atoms with Gasteiger partial charge in [-0.15, -0.1) is 0 Å². The van der Waals surface area contributed by atoms with Gasteiger partial charge in [0.15, 0.2) is 0 Å². The summed E-state index contributed by atoms with van der Waals surface area (Å²) in [7, 11) is 0. The highest BCUT2D eigenvalue weighted by molar-refractivity contribution is 6.07. The first-order valence-electron chi connectivity index (χ1n) is 11.6. The summed E-state index contributed by atoms with van der Waals surface area (Å²) in [5.41, 5.74) is 6.14. The first kappa shape index (κ1) is 20.4. The van der Waals surface area contributed by atoms with Crippen molar-refractivity contribution < 1.29 is 9.47 Å². The lowest BCUT2D eigenvalue weighted by Gasteiger charge is -2.28. The Hall–Kier alpha value is -4.18. The fourth-order valence-corrected chi connectivity index (χ4v) is 4.59. The van der Waals surface area contributed by atoms with Gasteiger partial charge in [-0.25, -0.2) is 0 Å². The predicted molar refractivity (Wildman–Crippen MR) is 135 cm³/mol. The van der Waals surface area contributed by atoms with Gasteiger partial charge >= 0.3 is 0 Å². The third-order valence-corrected chi connectivity index (χ3v) is 6.33. The average Bonchev–Trinajstić information content (AvgIpc) is 2.92. The van der Waals surface area contributed by atoms with Crippen LogP contribution in [0.4, 0.5) is 0 Å². The lowest BCUT2D eigenvalue weighted by molar-refractivity contribution is 0.205. The lowest BCUT2D eigenvalue weighted by Crippen LogP contribution is -2.22. The minimum Gasteiger partial charge on any atom is -0.485 e. The number of benzene rings is 4. The molecule has 0 saturated heterocycles. The van der Waals surface area contributed by atoms with Crippen LogP contribution in [0.5, 0.6) is 11.5 Å². The van der Waals surface area contributed by atoms with Gasteiger partial charge in [-0.3, -0.25) is 0 Å². The molecule has 2 atom stereocenters. The van der Waals surface area contributed by atoms with Gasteiger partial charge in [0.1, 0.15) is 23.7 Å². The fraction of sp³-hybridized carbons (Fsp3) is 0.133. The third kappa shape index (κ3) is 3.99. The predicted octanol–water partition coefficient (Wildman–Crippen LogP) is 6.93. The highest BCUT2D eigenvalue weighted by atomic mass is 16.5. The summed E-state index contributed by atoms with van der Waals surface area (Å²) < 4.78 is 12.6. The lowest BCUT2D eigenvalue weighted by atomic mass is 9.95. The van der Waals surface area contributed by atoms with Gasteiger partial charge in [0.2, 0.25) is 0 Å². The van der Waals surface area contributed by atoms with Crippen LogP contribution in [0.1, 0.15) is 47.3 Å². The molecule has 166 valence electrons. The smallest absolute Gasteiger partial charge is 0.129 e. The zero-order valence-electron chi connectivity index (χ0n) is 18.7. The van der Waals surface area contributed by atoms with Gasteiger partial charge in [0.25, 0.3) is 0 Å². The van der Waals surface area contributed by atoms with Gasteiger partial charge in [0.05, 0.1) is 11.4 Å². The van der Waals surface area contributed by atoms with E-state index in [2.05, 4.69) is 36.4 Å². The molecule has 0 saturated carbocycles. The molecule has 0 unspecified atom stereocenters. The molecule has 0 aromatic heterocycles. The van der Waals surface area contributed by atoms with E-state index >= 15 is 0 Å². The van der Waals surface area contributed by atoms with Crippen molar-refractivity contribution >= 4 is 11.4 Å². The third-order valence-electron chi connectivity index (χ3n) is 6.33. The maximum absolute atomic E-state index is 6.32. The highest BCUT2D eigenvalue weighted by Crippen LogP contribution is 2.37. The average molecular weight is 445 g/mol. The summed E-state index contributed by atoms with van der Waals surface area (Å²) in [6.45, 7) is 0. The Morgan fingerprint density at radius 3 is 1.29 bits per heavy atom. The van der Waals surface area contributed by atoms with Crippen LogP contribution in [-0.4, -0.2) is 11.4 Å². The van der Waals surface area contributed by atoms with Crippen molar-refractivity contribution in [1.29, 1.82) is 0 Å². The molecular formula is C30H24N2O2. The number of fused-ring (bicyclic) bond motifs is 2. The molecule has 0 amide bonds. The molecule has 2 aliphatic rings. The highest BCUT2D eigenvalue weighted by Gasteiger charge is 2.28. The van der Waals surface area contributed by atoms with E-state index in [1.807, 2.05) is 72.8 Å². The zero-order valence-corrected chi connectivity index (χ0v) is 18.7. The Morgan fingerprint density at radius 1 is 0.471 bits per heavy atom. The maximum atomic E-state index is 6.32. The molecule has 0 N–H and O–H groups in total. The van der Waals surface area contributed by atoms with E-state index in [1.165, 1.54) is 0 Å². The van der Waals surface area contributed by atoms with Crippen molar-refractivity contribution in [2.24, 2.45) is 10.2 Å². The van der Waals surface area contributed by atoms with Crippen molar-refractivity contribution in [3.63, 3.8) is 0 Å². The van der Waals surface area contributed by atoms with Crippen LogP contribution in [0.15, 0.2) is 119 Å². The van der Waals surface area contributed by atoms with Crippen molar-refractivity contribution in [3.8, 4) is 11.5 Å². The van der Waals surface area contributed by atoms with Gasteiger partial charge in [0, 0.05) is 24.0 Å². The molecule has 6 rings (SSSR count). The molecule has 0 fully saturated rings. The van der Waals surface area contributed by atoms with Gasteiger partial charge in [-0.1, -0.05) is 84.9 Å². The molecule has 2 aliphatic heterocycles. The second kappa shape index (κ2) is 8.99. The van der Waals surface area contributed by atoms with Gasteiger partial charge in [-0.05, 0) is 35.4 Å². The summed E-state index contributed by atoms with van der Waals surface area (Å²) in [6.07, 6.45) is 1.15. The molecule has 34 heavy (non-hydrogen) atoms. The summed E-state index contributed by atoms with van der Waals surface area (Å²) in [5.74, 6) is 1.69. The van der Waals surface area contributed by atoms with E-state index in [4.69, 9.17) is 19.7 Å². The Morgan fingerprint density at radius 2 is 0.853 bits per heavy atom. The van der Waals surface area contributed by atoms with Crippen molar-refractivity contribution in [2.45, 2.75) is 25.0 Å². The van der Waals surface area contributed by atoms with Crippen LogP contribution in [0.25, 0.3) is 0 Å². The number of rotatable bonds is 3. The van der Waals surface area contributed by atoms with E-state index in [1.54, 1.807) is 0 Å². The largest absolute Gasteiger partial charge is 0.485 e. The number of ether oxygens (including phenoxy) is 2. The van der Waals surface area contributed by atoms with E-state index in [0.717, 1.165) is 45.2 Å². The maximum Gasteiger partial charge on any atom is 0.129 e. The molecule has 0 radical (unpaired) electrons. The summed E-state index contributed by atoms with van der Waals surface area (Å²) in [4.78, 5) is 0. The molecule has 0 aliphatic carbocycles. The Balaban J connectivity index is 1.39. The van der Waals surface area contributed by atoms with Crippen LogP contribution in [0.2, 0.25) is 0 Å².